The lowest BCUT2D eigenvalue weighted by atomic mass is 9.99. The predicted octanol–water partition coefficient (Wildman–Crippen LogP) is 3.36. The fourth-order valence-corrected chi connectivity index (χ4v) is 2.34. The number of ketones is 1. The molecule has 1 aromatic heterocycles. The van der Waals surface area contributed by atoms with E-state index < -0.39 is 0 Å². The quantitative estimate of drug-likeness (QED) is 0.691. The summed E-state index contributed by atoms with van der Waals surface area (Å²) in [5.41, 5.74) is 0. The smallest absolute Gasteiger partial charge is 0.135 e. The molecule has 2 rings (SSSR count). The molecule has 1 saturated carbocycles. The third-order valence-corrected chi connectivity index (χ3v) is 3.24. The Bertz CT molecular complexity index is 300. The van der Waals surface area contributed by atoms with Gasteiger partial charge in [-0.3, -0.25) is 4.79 Å². The molecule has 1 heterocycles. The summed E-state index contributed by atoms with van der Waals surface area (Å²) < 4.78 is 5.26. The van der Waals surface area contributed by atoms with Crippen molar-refractivity contribution in [1.82, 2.24) is 0 Å². The number of hydrogen-bond acceptors (Lipinski definition) is 2. The second-order valence-electron chi connectivity index (χ2n) is 4.38. The average Bonchev–Trinajstić information content (AvgIpc) is 2.85. The molecule has 2 nitrogen and oxygen atoms in total. The van der Waals surface area contributed by atoms with Gasteiger partial charge in [-0.1, -0.05) is 6.42 Å². The summed E-state index contributed by atoms with van der Waals surface area (Å²) in [6.07, 6.45) is 9.15. The molecular formula is C13H18O2. The van der Waals surface area contributed by atoms with Crippen molar-refractivity contribution >= 4 is 5.78 Å². The number of furan rings is 1. The van der Waals surface area contributed by atoms with Crippen LogP contribution in [0.4, 0.5) is 0 Å². The molecule has 1 fully saturated rings. The summed E-state index contributed by atoms with van der Waals surface area (Å²) in [7, 11) is 0. The van der Waals surface area contributed by atoms with Crippen LogP contribution >= 0.6 is 0 Å². The molecule has 0 unspecified atom stereocenters. The first-order valence-corrected chi connectivity index (χ1v) is 5.91. The van der Waals surface area contributed by atoms with E-state index in [4.69, 9.17) is 4.42 Å². The number of unbranched alkanes of at least 4 members (excludes halogenated alkanes) is 1. The number of carbonyl (C=O) groups is 1. The van der Waals surface area contributed by atoms with Crippen LogP contribution in [0, 0.1) is 5.92 Å². The highest BCUT2D eigenvalue weighted by molar-refractivity contribution is 5.82. The maximum absolute atomic E-state index is 11.4. The molecule has 0 saturated heterocycles. The van der Waals surface area contributed by atoms with Crippen LogP contribution in [0.2, 0.25) is 0 Å². The third-order valence-electron chi connectivity index (χ3n) is 3.24. The first-order chi connectivity index (χ1) is 7.36. The van der Waals surface area contributed by atoms with Crippen molar-refractivity contribution in [2.75, 3.05) is 0 Å². The molecule has 0 amide bonds. The predicted molar refractivity (Wildman–Crippen MR) is 58.6 cm³/mol. The van der Waals surface area contributed by atoms with E-state index in [-0.39, 0.29) is 0 Å². The normalized spacial score (nSPS) is 21.1. The zero-order chi connectivity index (χ0) is 10.5. The van der Waals surface area contributed by atoms with Crippen molar-refractivity contribution in [3.05, 3.63) is 24.2 Å². The number of rotatable bonds is 5. The minimum absolute atomic E-state index is 0.376. The van der Waals surface area contributed by atoms with E-state index in [2.05, 4.69) is 0 Å². The highest BCUT2D eigenvalue weighted by Gasteiger charge is 2.23. The minimum atomic E-state index is 0.376. The van der Waals surface area contributed by atoms with Crippen molar-refractivity contribution in [3.8, 4) is 0 Å². The van der Waals surface area contributed by atoms with Gasteiger partial charge in [0.25, 0.3) is 0 Å². The van der Waals surface area contributed by atoms with Gasteiger partial charge in [0.1, 0.15) is 11.5 Å². The molecular weight excluding hydrogens is 188 g/mol. The highest BCUT2D eigenvalue weighted by atomic mass is 16.3. The van der Waals surface area contributed by atoms with Gasteiger partial charge in [-0.2, -0.15) is 0 Å². The van der Waals surface area contributed by atoms with Crippen LogP contribution in [0.3, 0.4) is 0 Å². The number of Topliss-reactive ketones (excluding diaryl/α,β-unsaturated/α-hetero) is 1. The first kappa shape index (κ1) is 10.5. The van der Waals surface area contributed by atoms with Crippen LogP contribution in [-0.2, 0) is 11.2 Å². The van der Waals surface area contributed by atoms with Crippen molar-refractivity contribution in [2.24, 2.45) is 5.92 Å². The summed E-state index contributed by atoms with van der Waals surface area (Å²) in [5.74, 6) is 1.93. The Balaban J connectivity index is 1.61. The lowest BCUT2D eigenvalue weighted by Gasteiger charge is -2.06. The molecule has 0 aliphatic heterocycles. The number of carbonyl (C=O) groups excluding carboxylic acids is 1. The summed E-state index contributed by atoms with van der Waals surface area (Å²) in [5, 5.41) is 0. The molecule has 1 atom stereocenters. The highest BCUT2D eigenvalue weighted by Crippen LogP contribution is 2.26. The SMILES string of the molecule is O=C1CCC[C@@H]1CCCCc1ccco1. The van der Waals surface area contributed by atoms with E-state index in [1.165, 1.54) is 0 Å². The lowest BCUT2D eigenvalue weighted by molar-refractivity contribution is -0.120. The average molecular weight is 206 g/mol. The Kier molecular flexibility index (Phi) is 3.59. The van der Waals surface area contributed by atoms with Gasteiger partial charge in [0.05, 0.1) is 6.26 Å². The molecule has 82 valence electrons. The summed E-state index contributed by atoms with van der Waals surface area (Å²) in [6, 6.07) is 3.94. The zero-order valence-corrected chi connectivity index (χ0v) is 9.08. The summed E-state index contributed by atoms with van der Waals surface area (Å²) in [6.45, 7) is 0. The molecule has 1 aromatic rings. The largest absolute Gasteiger partial charge is 0.469 e. The maximum Gasteiger partial charge on any atom is 0.135 e. The third kappa shape index (κ3) is 2.95. The van der Waals surface area contributed by atoms with Gasteiger partial charge in [0, 0.05) is 18.8 Å². The van der Waals surface area contributed by atoms with Gasteiger partial charge in [-0.25, -0.2) is 0 Å². The van der Waals surface area contributed by atoms with Gasteiger partial charge in [-0.15, -0.1) is 0 Å². The summed E-state index contributed by atoms with van der Waals surface area (Å²) in [4.78, 5) is 11.4. The van der Waals surface area contributed by atoms with E-state index in [0.717, 1.165) is 50.7 Å². The fourth-order valence-electron chi connectivity index (χ4n) is 2.34. The molecule has 1 aliphatic carbocycles. The van der Waals surface area contributed by atoms with Crippen molar-refractivity contribution < 1.29 is 9.21 Å². The Labute approximate surface area is 90.7 Å². The van der Waals surface area contributed by atoms with Crippen molar-refractivity contribution in [2.45, 2.75) is 44.9 Å². The Morgan fingerprint density at radius 1 is 1.40 bits per heavy atom. The monoisotopic (exact) mass is 206 g/mol. The van der Waals surface area contributed by atoms with Crippen molar-refractivity contribution in [1.29, 1.82) is 0 Å². The Hall–Kier alpha value is -1.05. The van der Waals surface area contributed by atoms with Gasteiger partial charge < -0.3 is 4.42 Å². The number of aryl methyl sites for hydroxylation is 1. The van der Waals surface area contributed by atoms with E-state index >= 15 is 0 Å². The molecule has 0 radical (unpaired) electrons. The molecule has 0 N–H and O–H groups in total. The van der Waals surface area contributed by atoms with Crippen LogP contribution in [0.1, 0.15) is 44.3 Å². The van der Waals surface area contributed by atoms with Gasteiger partial charge in [0.2, 0.25) is 0 Å². The zero-order valence-electron chi connectivity index (χ0n) is 9.08. The summed E-state index contributed by atoms with van der Waals surface area (Å²) >= 11 is 0. The van der Waals surface area contributed by atoms with Crippen LogP contribution in [0.25, 0.3) is 0 Å². The second kappa shape index (κ2) is 5.15. The van der Waals surface area contributed by atoms with Crippen molar-refractivity contribution in [3.63, 3.8) is 0 Å². The lowest BCUT2D eigenvalue weighted by Crippen LogP contribution is -2.05. The van der Waals surface area contributed by atoms with Gasteiger partial charge in [-0.05, 0) is 37.8 Å². The molecule has 15 heavy (non-hydrogen) atoms. The topological polar surface area (TPSA) is 30.2 Å². The van der Waals surface area contributed by atoms with E-state index in [1.807, 2.05) is 12.1 Å². The van der Waals surface area contributed by atoms with Crippen LogP contribution < -0.4 is 0 Å². The fraction of sp³-hybridized carbons (Fsp3) is 0.615. The van der Waals surface area contributed by atoms with E-state index in [1.54, 1.807) is 6.26 Å². The molecule has 0 spiro atoms. The van der Waals surface area contributed by atoms with Crippen LogP contribution in [0.5, 0.6) is 0 Å². The molecule has 0 bridgehead atoms. The van der Waals surface area contributed by atoms with Crippen LogP contribution in [0.15, 0.2) is 22.8 Å². The molecule has 0 aromatic carbocycles. The Morgan fingerprint density at radius 3 is 3.00 bits per heavy atom. The van der Waals surface area contributed by atoms with Gasteiger partial charge in [0.15, 0.2) is 0 Å². The standard InChI is InChI=1S/C13H18O2/c14-13-9-3-6-11(13)5-1-2-7-12-8-4-10-15-12/h4,8,10-11H,1-3,5-7,9H2/t11-/m0/s1. The molecule has 1 aliphatic rings. The van der Waals surface area contributed by atoms with E-state index in [9.17, 15) is 4.79 Å². The maximum atomic E-state index is 11.4. The second-order valence-corrected chi connectivity index (χ2v) is 4.38. The Morgan fingerprint density at radius 2 is 2.33 bits per heavy atom. The molecule has 2 heteroatoms. The first-order valence-electron chi connectivity index (χ1n) is 5.91. The van der Waals surface area contributed by atoms with Gasteiger partial charge >= 0.3 is 0 Å². The minimum Gasteiger partial charge on any atom is -0.469 e. The van der Waals surface area contributed by atoms with Crippen LogP contribution in [-0.4, -0.2) is 5.78 Å². The number of hydrogen-bond donors (Lipinski definition) is 0. The van der Waals surface area contributed by atoms with E-state index in [0.29, 0.717) is 11.7 Å².